The Bertz CT molecular complexity index is 1250. The zero-order chi connectivity index (χ0) is 29.5. The SMILES string of the molecule is CC(=O)O[C@H](CCl)COc1c(Cl)cc(C(C)(C)c2ccc(OC[C@H](O)CN(C(C)=O)S(C)(=O)=O)cc2)cc1Cl. The largest absolute Gasteiger partial charge is 0.491 e. The van der Waals surface area contributed by atoms with Gasteiger partial charge in [-0.3, -0.25) is 9.59 Å². The van der Waals surface area contributed by atoms with Crippen LogP contribution in [0, 0.1) is 0 Å². The van der Waals surface area contributed by atoms with Crippen LogP contribution in [0.15, 0.2) is 36.4 Å². The molecule has 216 valence electrons. The summed E-state index contributed by atoms with van der Waals surface area (Å²) in [6.07, 6.45) is -0.966. The zero-order valence-corrected chi connectivity index (χ0v) is 25.3. The van der Waals surface area contributed by atoms with E-state index in [2.05, 4.69) is 0 Å². The summed E-state index contributed by atoms with van der Waals surface area (Å²) in [5.41, 5.74) is 1.19. The third kappa shape index (κ3) is 9.42. The van der Waals surface area contributed by atoms with E-state index in [0.717, 1.165) is 24.3 Å². The van der Waals surface area contributed by atoms with Crippen LogP contribution in [0.25, 0.3) is 0 Å². The standard InChI is InChI=1S/C26H32Cl3NO8S/c1-16(31)30(39(5,34)35)13-20(33)14-36-21-8-6-18(7-9-21)26(3,4)19-10-23(28)25(24(29)11-19)37-15-22(12-27)38-17(2)32/h6-11,20,22,33H,12-15H2,1-5H3/t20-,22-/m1/s1. The highest BCUT2D eigenvalue weighted by Gasteiger charge is 2.27. The maximum atomic E-state index is 11.7. The molecule has 2 rings (SSSR count). The number of esters is 1. The predicted molar refractivity (Wildman–Crippen MR) is 151 cm³/mol. The summed E-state index contributed by atoms with van der Waals surface area (Å²) in [4.78, 5) is 22.8. The van der Waals surface area contributed by atoms with Crippen molar-refractivity contribution in [2.24, 2.45) is 0 Å². The highest BCUT2D eigenvalue weighted by atomic mass is 35.5. The van der Waals surface area contributed by atoms with Crippen LogP contribution in [0.4, 0.5) is 0 Å². The lowest BCUT2D eigenvalue weighted by Crippen LogP contribution is -2.41. The van der Waals surface area contributed by atoms with Crippen LogP contribution in [-0.4, -0.2) is 73.8 Å². The number of hydrogen-bond acceptors (Lipinski definition) is 8. The van der Waals surface area contributed by atoms with E-state index in [0.29, 0.717) is 10.1 Å². The normalized spacial score (nSPS) is 13.4. The molecule has 0 aliphatic rings. The molecule has 39 heavy (non-hydrogen) atoms. The molecule has 0 heterocycles. The van der Waals surface area contributed by atoms with Gasteiger partial charge in [-0.25, -0.2) is 12.7 Å². The summed E-state index contributed by atoms with van der Waals surface area (Å²) >= 11 is 18.8. The lowest BCUT2D eigenvalue weighted by atomic mass is 9.78. The number of carbonyl (C=O) groups excluding carboxylic acids is 2. The third-order valence-electron chi connectivity index (χ3n) is 5.78. The summed E-state index contributed by atoms with van der Waals surface area (Å²) in [5.74, 6) is -0.414. The molecular weight excluding hydrogens is 593 g/mol. The number of alkyl halides is 1. The number of halogens is 3. The summed E-state index contributed by atoms with van der Waals surface area (Å²) in [6.45, 7) is 5.74. The Balaban J connectivity index is 2.10. The van der Waals surface area contributed by atoms with Gasteiger partial charge >= 0.3 is 5.97 Å². The molecule has 1 amide bonds. The third-order valence-corrected chi connectivity index (χ3v) is 7.90. The van der Waals surface area contributed by atoms with Gasteiger partial charge in [-0.2, -0.15) is 0 Å². The molecular formula is C26H32Cl3NO8S. The van der Waals surface area contributed by atoms with Crippen LogP contribution in [0.5, 0.6) is 11.5 Å². The lowest BCUT2D eigenvalue weighted by Gasteiger charge is -2.27. The molecule has 0 aromatic heterocycles. The lowest BCUT2D eigenvalue weighted by molar-refractivity contribution is -0.146. The van der Waals surface area contributed by atoms with Gasteiger partial charge in [0.15, 0.2) is 5.75 Å². The molecule has 0 unspecified atom stereocenters. The zero-order valence-electron chi connectivity index (χ0n) is 22.2. The highest BCUT2D eigenvalue weighted by molar-refractivity contribution is 7.88. The van der Waals surface area contributed by atoms with E-state index in [1.165, 1.54) is 6.92 Å². The highest BCUT2D eigenvalue weighted by Crippen LogP contribution is 2.40. The van der Waals surface area contributed by atoms with Crippen molar-refractivity contribution in [2.75, 3.05) is 31.9 Å². The number of amides is 1. The van der Waals surface area contributed by atoms with Gasteiger partial charge in [0.1, 0.15) is 31.2 Å². The van der Waals surface area contributed by atoms with Crippen molar-refractivity contribution < 1.29 is 37.3 Å². The second kappa shape index (κ2) is 13.9. The number of hydrogen-bond donors (Lipinski definition) is 1. The molecule has 1 N–H and O–H groups in total. The first-order valence-electron chi connectivity index (χ1n) is 11.8. The summed E-state index contributed by atoms with van der Waals surface area (Å²) in [7, 11) is -3.79. The minimum Gasteiger partial charge on any atom is -0.491 e. The monoisotopic (exact) mass is 623 g/mol. The molecule has 0 aliphatic heterocycles. The van der Waals surface area contributed by atoms with Crippen molar-refractivity contribution >= 4 is 56.7 Å². The number of aliphatic hydroxyl groups excluding tert-OH is 1. The molecule has 2 aromatic carbocycles. The predicted octanol–water partition coefficient (Wildman–Crippen LogP) is 4.42. The molecule has 0 aliphatic carbocycles. The average Bonchev–Trinajstić information content (AvgIpc) is 2.83. The van der Waals surface area contributed by atoms with Crippen molar-refractivity contribution in [3.63, 3.8) is 0 Å². The molecule has 13 heteroatoms. The average molecular weight is 625 g/mol. The van der Waals surface area contributed by atoms with Crippen molar-refractivity contribution in [3.05, 3.63) is 57.6 Å². The number of ether oxygens (including phenoxy) is 3. The molecule has 0 fully saturated rings. The Morgan fingerprint density at radius 2 is 1.56 bits per heavy atom. The molecule has 0 saturated carbocycles. The van der Waals surface area contributed by atoms with E-state index in [9.17, 15) is 23.1 Å². The van der Waals surface area contributed by atoms with Crippen LogP contribution in [0.1, 0.15) is 38.8 Å². The van der Waals surface area contributed by atoms with Gasteiger partial charge in [0, 0.05) is 19.3 Å². The Morgan fingerprint density at radius 3 is 2.03 bits per heavy atom. The summed E-state index contributed by atoms with van der Waals surface area (Å²) < 4.78 is 40.4. The molecule has 2 aromatic rings. The van der Waals surface area contributed by atoms with Gasteiger partial charge in [0.05, 0.1) is 28.7 Å². The van der Waals surface area contributed by atoms with E-state index in [1.54, 1.807) is 24.3 Å². The number of rotatable bonds is 13. The molecule has 9 nitrogen and oxygen atoms in total. The first kappa shape index (κ1) is 33.0. The van der Waals surface area contributed by atoms with Crippen LogP contribution in [-0.2, 0) is 29.8 Å². The summed E-state index contributed by atoms with van der Waals surface area (Å²) in [6, 6.07) is 10.6. The first-order valence-corrected chi connectivity index (χ1v) is 14.9. The first-order chi connectivity index (χ1) is 18.1. The Morgan fingerprint density at radius 1 is 1.00 bits per heavy atom. The Kier molecular flexibility index (Phi) is 11.7. The molecule has 0 saturated heterocycles. The molecule has 2 atom stereocenters. The van der Waals surface area contributed by atoms with Gasteiger partial charge in [-0.05, 0) is 35.4 Å². The quantitative estimate of drug-likeness (QED) is 0.257. The molecule has 0 radical (unpaired) electrons. The second-order valence-corrected chi connectivity index (χ2v) is 12.4. The summed E-state index contributed by atoms with van der Waals surface area (Å²) in [5, 5.41) is 10.7. The van der Waals surface area contributed by atoms with E-state index >= 15 is 0 Å². The van der Waals surface area contributed by atoms with Crippen LogP contribution in [0.3, 0.4) is 0 Å². The van der Waals surface area contributed by atoms with E-state index in [4.69, 9.17) is 49.0 Å². The van der Waals surface area contributed by atoms with Gasteiger partial charge in [0.25, 0.3) is 0 Å². The van der Waals surface area contributed by atoms with E-state index < -0.39 is 46.1 Å². The maximum Gasteiger partial charge on any atom is 0.303 e. The fourth-order valence-corrected chi connectivity index (χ4v) is 5.31. The van der Waals surface area contributed by atoms with Gasteiger partial charge in [-0.1, -0.05) is 49.2 Å². The topological polar surface area (TPSA) is 119 Å². The van der Waals surface area contributed by atoms with Gasteiger partial charge in [0.2, 0.25) is 15.9 Å². The van der Waals surface area contributed by atoms with Crippen LogP contribution >= 0.6 is 34.8 Å². The Labute approximate surface area is 243 Å². The molecule has 0 bridgehead atoms. The number of benzene rings is 2. The van der Waals surface area contributed by atoms with Crippen LogP contribution in [0.2, 0.25) is 10.0 Å². The fraction of sp³-hybridized carbons (Fsp3) is 0.462. The smallest absolute Gasteiger partial charge is 0.303 e. The van der Waals surface area contributed by atoms with Crippen molar-refractivity contribution in [1.82, 2.24) is 4.31 Å². The van der Waals surface area contributed by atoms with Gasteiger partial charge in [-0.15, -0.1) is 11.6 Å². The minimum atomic E-state index is -3.79. The van der Waals surface area contributed by atoms with E-state index in [1.807, 2.05) is 26.0 Å². The second-order valence-electron chi connectivity index (χ2n) is 9.39. The number of aliphatic hydroxyl groups is 1. The molecule has 0 spiro atoms. The van der Waals surface area contributed by atoms with Crippen molar-refractivity contribution in [3.8, 4) is 11.5 Å². The number of nitrogens with zero attached hydrogens (tertiary/aromatic N) is 1. The number of carbonyl (C=O) groups is 2. The maximum absolute atomic E-state index is 11.7. The van der Waals surface area contributed by atoms with E-state index in [-0.39, 0.29) is 34.9 Å². The Hall–Kier alpha value is -2.24. The minimum absolute atomic E-state index is 0.0114. The van der Waals surface area contributed by atoms with Crippen molar-refractivity contribution in [1.29, 1.82) is 0 Å². The van der Waals surface area contributed by atoms with Crippen LogP contribution < -0.4 is 9.47 Å². The fourth-order valence-electron chi connectivity index (χ4n) is 3.65. The number of sulfonamides is 1. The van der Waals surface area contributed by atoms with Gasteiger partial charge < -0.3 is 19.3 Å². The van der Waals surface area contributed by atoms with Crippen molar-refractivity contribution in [2.45, 2.75) is 45.3 Å².